The van der Waals surface area contributed by atoms with Crippen LogP contribution in [-0.4, -0.2) is 20.4 Å². The molecule has 4 nitrogen and oxygen atoms in total. The topological polar surface area (TPSA) is 46.9 Å². The number of thiol groups is 1. The Morgan fingerprint density at radius 2 is 2.15 bits per heavy atom. The number of aromatic nitrogens is 2. The van der Waals surface area contributed by atoms with Crippen molar-refractivity contribution in [2.24, 2.45) is 0 Å². The van der Waals surface area contributed by atoms with E-state index in [2.05, 4.69) is 23.0 Å². The van der Waals surface area contributed by atoms with E-state index in [1.807, 2.05) is 43.5 Å². The molecular formula is C14H13N3OS2. The van der Waals surface area contributed by atoms with Crippen LogP contribution in [0.4, 0.5) is 0 Å². The molecule has 0 saturated carbocycles. The molecule has 1 atom stereocenters. The van der Waals surface area contributed by atoms with E-state index in [9.17, 15) is 4.79 Å². The smallest absolute Gasteiger partial charge is 0.259 e. The fourth-order valence-electron chi connectivity index (χ4n) is 1.89. The molecule has 1 aliphatic heterocycles. The van der Waals surface area contributed by atoms with Crippen LogP contribution in [0.15, 0.2) is 41.6 Å². The van der Waals surface area contributed by atoms with Crippen LogP contribution in [0.25, 0.3) is 11.8 Å². The van der Waals surface area contributed by atoms with Crippen LogP contribution in [-0.2, 0) is 4.79 Å². The van der Waals surface area contributed by atoms with Crippen LogP contribution in [0, 0.1) is 6.92 Å². The van der Waals surface area contributed by atoms with Crippen molar-refractivity contribution < 1.29 is 4.79 Å². The molecule has 2 heterocycles. The van der Waals surface area contributed by atoms with Gasteiger partial charge in [-0.1, -0.05) is 29.5 Å². The zero-order valence-corrected chi connectivity index (χ0v) is 12.5. The molecule has 0 bridgehead atoms. The number of carbonyl (C=O) groups excluding carboxylic acids is 1. The van der Waals surface area contributed by atoms with E-state index in [1.54, 1.807) is 10.9 Å². The molecule has 102 valence electrons. The van der Waals surface area contributed by atoms with Crippen molar-refractivity contribution in [1.29, 1.82) is 0 Å². The van der Waals surface area contributed by atoms with Crippen LogP contribution in [0.2, 0.25) is 0 Å². The maximum atomic E-state index is 11.6. The Morgan fingerprint density at radius 1 is 1.40 bits per heavy atom. The second kappa shape index (κ2) is 5.38. The molecule has 1 N–H and O–H groups in total. The number of aryl methyl sites for hydroxylation is 1. The number of thioether (sulfide) groups is 1. The molecule has 1 aliphatic rings. The Balaban J connectivity index is 1.85. The Morgan fingerprint density at radius 3 is 2.80 bits per heavy atom. The third kappa shape index (κ3) is 2.76. The third-order valence-electron chi connectivity index (χ3n) is 2.92. The second-order valence-corrected chi connectivity index (χ2v) is 6.52. The molecule has 1 amide bonds. The summed E-state index contributed by atoms with van der Waals surface area (Å²) in [5, 5.41) is 7.04. The zero-order valence-electron chi connectivity index (χ0n) is 10.8. The zero-order chi connectivity index (χ0) is 14.1. The molecule has 0 radical (unpaired) electrons. The molecule has 3 rings (SSSR count). The number of nitrogens with zero attached hydrogens (tertiary/aromatic N) is 2. The predicted molar refractivity (Wildman–Crippen MR) is 84.8 cm³/mol. The van der Waals surface area contributed by atoms with Crippen molar-refractivity contribution in [2.75, 3.05) is 0 Å². The summed E-state index contributed by atoms with van der Waals surface area (Å²) in [6, 6.07) is 8.11. The van der Waals surface area contributed by atoms with Gasteiger partial charge in [-0.05, 0) is 25.1 Å². The first kappa shape index (κ1) is 13.3. The van der Waals surface area contributed by atoms with Gasteiger partial charge in [0.25, 0.3) is 5.91 Å². The Kier molecular flexibility index (Phi) is 3.58. The van der Waals surface area contributed by atoms with E-state index in [-0.39, 0.29) is 10.6 Å². The van der Waals surface area contributed by atoms with Gasteiger partial charge in [0.15, 0.2) is 0 Å². The van der Waals surface area contributed by atoms with Crippen LogP contribution in [0.3, 0.4) is 0 Å². The number of benzene rings is 1. The molecule has 2 aromatic rings. The normalized spacial score (nSPS) is 20.4. The average molecular weight is 303 g/mol. The minimum atomic E-state index is -0.166. The van der Waals surface area contributed by atoms with Gasteiger partial charge in [0.05, 0.1) is 16.8 Å². The molecule has 0 spiro atoms. The van der Waals surface area contributed by atoms with E-state index < -0.39 is 0 Å². The second-order valence-electron chi connectivity index (χ2n) is 4.51. The standard InChI is InChI=1S/C14H13N3OS2/c1-9-2-4-11(5-3-9)17-8-10(7-15-17)6-12-13(18)16-14(19)20-12/h2-8,14,19H,1H3,(H,16,18)/b12-6-. The first-order valence-corrected chi connectivity index (χ1v) is 7.50. The summed E-state index contributed by atoms with van der Waals surface area (Å²) >= 11 is 5.62. The first-order chi connectivity index (χ1) is 9.61. The van der Waals surface area contributed by atoms with Gasteiger partial charge in [-0.2, -0.15) is 5.10 Å². The van der Waals surface area contributed by atoms with Crippen molar-refractivity contribution in [1.82, 2.24) is 15.1 Å². The third-order valence-corrected chi connectivity index (χ3v) is 4.26. The van der Waals surface area contributed by atoms with Gasteiger partial charge in [-0.25, -0.2) is 4.68 Å². The highest BCUT2D eigenvalue weighted by molar-refractivity contribution is 8.14. The summed E-state index contributed by atoms with van der Waals surface area (Å²) in [6.45, 7) is 2.05. The fourth-order valence-corrected chi connectivity index (χ4v) is 3.12. The quantitative estimate of drug-likeness (QED) is 0.662. The highest BCUT2D eigenvalue weighted by atomic mass is 32.2. The van der Waals surface area contributed by atoms with Crippen molar-refractivity contribution in [3.63, 3.8) is 0 Å². The largest absolute Gasteiger partial charge is 0.331 e. The van der Waals surface area contributed by atoms with Gasteiger partial charge in [0, 0.05) is 11.8 Å². The molecule has 1 saturated heterocycles. The summed E-state index contributed by atoms with van der Waals surface area (Å²) in [6.07, 6.45) is 5.47. The van der Waals surface area contributed by atoms with Gasteiger partial charge in [0.1, 0.15) is 4.71 Å². The van der Waals surface area contributed by atoms with Crippen molar-refractivity contribution >= 4 is 36.4 Å². The van der Waals surface area contributed by atoms with E-state index in [1.165, 1.54) is 17.3 Å². The SMILES string of the molecule is Cc1ccc(-n2cc(/C=C3\SC(S)NC3=O)cn2)cc1. The number of rotatable bonds is 2. The van der Waals surface area contributed by atoms with Gasteiger partial charge < -0.3 is 5.32 Å². The van der Waals surface area contributed by atoms with Crippen LogP contribution < -0.4 is 5.32 Å². The first-order valence-electron chi connectivity index (χ1n) is 6.11. The molecule has 6 heteroatoms. The number of nitrogens with one attached hydrogen (secondary N) is 1. The molecule has 0 aliphatic carbocycles. The van der Waals surface area contributed by atoms with Crippen molar-refractivity contribution in [2.45, 2.75) is 11.6 Å². The maximum absolute atomic E-state index is 11.6. The van der Waals surface area contributed by atoms with Gasteiger partial charge in [-0.15, -0.1) is 12.6 Å². The molecule has 20 heavy (non-hydrogen) atoms. The van der Waals surface area contributed by atoms with Crippen LogP contribution in [0.1, 0.15) is 11.1 Å². The van der Waals surface area contributed by atoms with E-state index in [0.717, 1.165) is 11.3 Å². The summed E-state index contributed by atoms with van der Waals surface area (Å²) in [5.41, 5.74) is 3.10. The van der Waals surface area contributed by atoms with E-state index in [4.69, 9.17) is 0 Å². The highest BCUT2D eigenvalue weighted by Gasteiger charge is 2.24. The molecule has 1 aromatic heterocycles. The lowest BCUT2D eigenvalue weighted by molar-refractivity contribution is -0.116. The highest BCUT2D eigenvalue weighted by Crippen LogP contribution is 2.30. The molecular weight excluding hydrogens is 290 g/mol. The van der Waals surface area contributed by atoms with Gasteiger partial charge in [0.2, 0.25) is 0 Å². The summed E-state index contributed by atoms with van der Waals surface area (Å²) in [5.74, 6) is -0.0851. The maximum Gasteiger partial charge on any atom is 0.259 e. The Hall–Kier alpha value is -1.66. The van der Waals surface area contributed by atoms with Crippen LogP contribution >= 0.6 is 24.4 Å². The average Bonchev–Trinajstić information content (AvgIpc) is 2.98. The lowest BCUT2D eigenvalue weighted by atomic mass is 10.2. The lowest BCUT2D eigenvalue weighted by Crippen LogP contribution is -2.19. The number of amides is 1. The van der Waals surface area contributed by atoms with Crippen molar-refractivity contribution in [3.8, 4) is 5.69 Å². The number of hydrogen-bond acceptors (Lipinski definition) is 4. The molecule has 1 fully saturated rings. The summed E-state index contributed by atoms with van der Waals surface area (Å²) in [7, 11) is 0. The van der Waals surface area contributed by atoms with Crippen LogP contribution in [0.5, 0.6) is 0 Å². The minimum absolute atomic E-state index is 0.0851. The molecule has 1 aromatic carbocycles. The predicted octanol–water partition coefficient (Wildman–Crippen LogP) is 2.60. The lowest BCUT2D eigenvalue weighted by Gasteiger charge is -2.00. The number of carbonyl (C=O) groups is 1. The van der Waals surface area contributed by atoms with Gasteiger partial charge >= 0.3 is 0 Å². The minimum Gasteiger partial charge on any atom is -0.331 e. The van der Waals surface area contributed by atoms with E-state index in [0.29, 0.717) is 4.91 Å². The Labute approximate surface area is 126 Å². The Bertz CT molecular complexity index is 676. The number of hydrogen-bond donors (Lipinski definition) is 2. The molecule has 1 unspecified atom stereocenters. The van der Waals surface area contributed by atoms with Crippen molar-refractivity contribution in [3.05, 3.63) is 52.7 Å². The monoisotopic (exact) mass is 303 g/mol. The summed E-state index contributed by atoms with van der Waals surface area (Å²) < 4.78 is 1.63. The summed E-state index contributed by atoms with van der Waals surface area (Å²) in [4.78, 5) is 12.3. The fraction of sp³-hybridized carbons (Fsp3) is 0.143. The van der Waals surface area contributed by atoms with E-state index >= 15 is 0 Å². The van der Waals surface area contributed by atoms with Gasteiger partial charge in [-0.3, -0.25) is 4.79 Å².